The van der Waals surface area contributed by atoms with Gasteiger partial charge in [0.05, 0.1) is 29.1 Å². The molecule has 2 aromatic heterocycles. The summed E-state index contributed by atoms with van der Waals surface area (Å²) < 4.78 is 0. The summed E-state index contributed by atoms with van der Waals surface area (Å²) >= 11 is 1.64. The maximum Gasteiger partial charge on any atom is 0.243 e. The summed E-state index contributed by atoms with van der Waals surface area (Å²) in [6.45, 7) is 6.86. The first-order valence-corrected chi connectivity index (χ1v) is 6.97. The third-order valence-corrected chi connectivity index (χ3v) is 3.70. The van der Waals surface area contributed by atoms with E-state index < -0.39 is 0 Å². The van der Waals surface area contributed by atoms with Crippen LogP contribution < -0.4 is 5.32 Å². The van der Waals surface area contributed by atoms with Crippen LogP contribution in [0.3, 0.4) is 0 Å². The van der Waals surface area contributed by atoms with E-state index in [-0.39, 0.29) is 0 Å². The molecule has 0 aromatic carbocycles. The normalized spacial score (nSPS) is 10.6. The van der Waals surface area contributed by atoms with Crippen molar-refractivity contribution in [3.63, 3.8) is 0 Å². The van der Waals surface area contributed by atoms with Crippen LogP contribution in [0.5, 0.6) is 0 Å². The molecule has 0 aliphatic heterocycles. The lowest BCUT2D eigenvalue weighted by molar-refractivity contribution is 0.820. The predicted molar refractivity (Wildman–Crippen MR) is 72.8 cm³/mol. The molecule has 96 valence electrons. The molecule has 0 bridgehead atoms. The third kappa shape index (κ3) is 2.81. The molecule has 0 atom stereocenters. The zero-order valence-electron chi connectivity index (χ0n) is 10.9. The van der Waals surface area contributed by atoms with Gasteiger partial charge >= 0.3 is 0 Å². The van der Waals surface area contributed by atoms with Crippen LogP contribution in [0.15, 0.2) is 5.51 Å². The maximum atomic E-state index is 4.49. The molecule has 0 aliphatic carbocycles. The van der Waals surface area contributed by atoms with Crippen LogP contribution in [0.2, 0.25) is 0 Å². The summed E-state index contributed by atoms with van der Waals surface area (Å²) in [6, 6.07) is 0. The van der Waals surface area contributed by atoms with Crippen molar-refractivity contribution < 1.29 is 0 Å². The summed E-state index contributed by atoms with van der Waals surface area (Å²) in [5, 5.41) is 11.5. The van der Waals surface area contributed by atoms with Gasteiger partial charge in [0.15, 0.2) is 0 Å². The van der Waals surface area contributed by atoms with Crippen LogP contribution in [-0.2, 0) is 19.4 Å². The van der Waals surface area contributed by atoms with Crippen LogP contribution in [-0.4, -0.2) is 20.2 Å². The molecule has 0 aliphatic rings. The highest BCUT2D eigenvalue weighted by Gasteiger charge is 2.07. The van der Waals surface area contributed by atoms with Crippen LogP contribution in [0.1, 0.15) is 35.8 Å². The molecular weight excluding hydrogens is 246 g/mol. The predicted octanol–water partition coefficient (Wildman–Crippen LogP) is 2.37. The van der Waals surface area contributed by atoms with Crippen molar-refractivity contribution in [1.29, 1.82) is 0 Å². The summed E-state index contributed by atoms with van der Waals surface area (Å²) in [5.74, 6) is 0.594. The highest BCUT2D eigenvalue weighted by Crippen LogP contribution is 2.14. The van der Waals surface area contributed by atoms with E-state index >= 15 is 0 Å². The number of thiazole rings is 1. The molecule has 2 aromatic rings. The molecule has 0 amide bonds. The topological polar surface area (TPSA) is 63.6 Å². The highest BCUT2D eigenvalue weighted by molar-refractivity contribution is 7.09. The van der Waals surface area contributed by atoms with Gasteiger partial charge in [-0.2, -0.15) is 5.10 Å². The summed E-state index contributed by atoms with van der Waals surface area (Å²) in [7, 11) is 0. The Labute approximate surface area is 111 Å². The van der Waals surface area contributed by atoms with Crippen LogP contribution in [0, 0.1) is 6.92 Å². The molecular formula is C12H17N5S. The number of hydrogen-bond donors (Lipinski definition) is 1. The largest absolute Gasteiger partial charge is 0.348 e. The number of anilines is 1. The van der Waals surface area contributed by atoms with E-state index in [1.165, 1.54) is 4.88 Å². The Kier molecular flexibility index (Phi) is 4.19. The van der Waals surface area contributed by atoms with E-state index in [0.717, 1.165) is 29.9 Å². The molecule has 0 unspecified atom stereocenters. The van der Waals surface area contributed by atoms with E-state index in [0.29, 0.717) is 12.5 Å². The Bertz CT molecular complexity index is 523. The smallest absolute Gasteiger partial charge is 0.243 e. The SMILES string of the molecule is CCc1nnc(NCc2scnc2C)nc1CC. The molecule has 6 heteroatoms. The minimum absolute atomic E-state index is 0.594. The average Bonchev–Trinajstić information content (AvgIpc) is 2.81. The van der Waals surface area contributed by atoms with Crippen molar-refractivity contribution in [3.05, 3.63) is 27.5 Å². The molecule has 0 radical (unpaired) electrons. The van der Waals surface area contributed by atoms with Gasteiger partial charge < -0.3 is 5.32 Å². The van der Waals surface area contributed by atoms with Gasteiger partial charge in [0.2, 0.25) is 5.95 Å². The summed E-state index contributed by atoms with van der Waals surface area (Å²) in [4.78, 5) is 9.91. The lowest BCUT2D eigenvalue weighted by Crippen LogP contribution is -2.09. The van der Waals surface area contributed by atoms with E-state index in [4.69, 9.17) is 0 Å². The second kappa shape index (κ2) is 5.86. The number of aromatic nitrogens is 4. The minimum Gasteiger partial charge on any atom is -0.348 e. The fraction of sp³-hybridized carbons (Fsp3) is 0.500. The lowest BCUT2D eigenvalue weighted by Gasteiger charge is -2.07. The van der Waals surface area contributed by atoms with Gasteiger partial charge in [-0.05, 0) is 19.8 Å². The van der Waals surface area contributed by atoms with Gasteiger partial charge in [0.1, 0.15) is 0 Å². The van der Waals surface area contributed by atoms with Crippen molar-refractivity contribution in [3.8, 4) is 0 Å². The van der Waals surface area contributed by atoms with Gasteiger partial charge in [0, 0.05) is 4.88 Å². The monoisotopic (exact) mass is 263 g/mol. The van der Waals surface area contributed by atoms with Crippen molar-refractivity contribution in [2.45, 2.75) is 40.2 Å². The molecule has 1 N–H and O–H groups in total. The van der Waals surface area contributed by atoms with Crippen molar-refractivity contribution in [2.75, 3.05) is 5.32 Å². The van der Waals surface area contributed by atoms with E-state index in [1.807, 2.05) is 12.4 Å². The Morgan fingerprint density at radius 1 is 1.17 bits per heavy atom. The zero-order valence-corrected chi connectivity index (χ0v) is 11.7. The number of rotatable bonds is 5. The Morgan fingerprint density at radius 2 is 1.94 bits per heavy atom. The van der Waals surface area contributed by atoms with Gasteiger partial charge in [-0.3, -0.25) is 0 Å². The fourth-order valence-corrected chi connectivity index (χ4v) is 2.38. The quantitative estimate of drug-likeness (QED) is 0.897. The van der Waals surface area contributed by atoms with Crippen LogP contribution >= 0.6 is 11.3 Å². The Balaban J connectivity index is 2.08. The van der Waals surface area contributed by atoms with Crippen molar-refractivity contribution in [1.82, 2.24) is 20.2 Å². The molecule has 0 fully saturated rings. The minimum atomic E-state index is 0.594. The molecule has 18 heavy (non-hydrogen) atoms. The zero-order chi connectivity index (χ0) is 13.0. The number of aryl methyl sites for hydroxylation is 3. The van der Waals surface area contributed by atoms with E-state index in [1.54, 1.807) is 11.3 Å². The molecule has 2 rings (SSSR count). The Morgan fingerprint density at radius 3 is 2.56 bits per heavy atom. The highest BCUT2D eigenvalue weighted by atomic mass is 32.1. The lowest BCUT2D eigenvalue weighted by atomic mass is 10.2. The van der Waals surface area contributed by atoms with Crippen LogP contribution in [0.4, 0.5) is 5.95 Å². The van der Waals surface area contributed by atoms with Gasteiger partial charge in [-0.1, -0.05) is 13.8 Å². The number of nitrogens with zero attached hydrogens (tertiary/aromatic N) is 4. The molecule has 2 heterocycles. The van der Waals surface area contributed by atoms with Gasteiger partial charge in [-0.25, -0.2) is 9.97 Å². The third-order valence-electron chi connectivity index (χ3n) is 2.76. The fourth-order valence-electron chi connectivity index (χ4n) is 1.67. The van der Waals surface area contributed by atoms with Crippen molar-refractivity contribution in [2.24, 2.45) is 0 Å². The Hall–Kier alpha value is -1.56. The van der Waals surface area contributed by atoms with Gasteiger partial charge in [-0.15, -0.1) is 16.4 Å². The second-order valence-electron chi connectivity index (χ2n) is 3.95. The average molecular weight is 263 g/mol. The summed E-state index contributed by atoms with van der Waals surface area (Å²) in [5.41, 5.74) is 4.91. The number of nitrogens with one attached hydrogen (secondary N) is 1. The van der Waals surface area contributed by atoms with Crippen molar-refractivity contribution >= 4 is 17.3 Å². The van der Waals surface area contributed by atoms with Gasteiger partial charge in [0.25, 0.3) is 0 Å². The molecule has 0 saturated carbocycles. The second-order valence-corrected chi connectivity index (χ2v) is 4.89. The summed E-state index contributed by atoms with van der Waals surface area (Å²) in [6.07, 6.45) is 1.75. The first kappa shape index (κ1) is 12.9. The molecule has 0 spiro atoms. The molecule has 5 nitrogen and oxygen atoms in total. The first-order valence-electron chi connectivity index (χ1n) is 6.09. The molecule has 0 saturated heterocycles. The van der Waals surface area contributed by atoms with E-state index in [2.05, 4.69) is 39.3 Å². The first-order chi connectivity index (χ1) is 8.74. The standard InChI is InChI=1S/C12H17N5S/c1-4-9-10(5-2)16-17-12(15-9)13-6-11-8(3)14-7-18-11/h7H,4-6H2,1-3H3,(H,13,15,17). The maximum absolute atomic E-state index is 4.49. The van der Waals surface area contributed by atoms with Crippen LogP contribution in [0.25, 0.3) is 0 Å². The van der Waals surface area contributed by atoms with E-state index in [9.17, 15) is 0 Å². The number of hydrogen-bond acceptors (Lipinski definition) is 6.